The van der Waals surface area contributed by atoms with Crippen LogP contribution in [0.1, 0.15) is 46.1 Å². The van der Waals surface area contributed by atoms with Gasteiger partial charge in [0.25, 0.3) is 0 Å². The van der Waals surface area contributed by atoms with Gasteiger partial charge in [-0.3, -0.25) is 9.59 Å². The van der Waals surface area contributed by atoms with Crippen LogP contribution in [-0.4, -0.2) is 40.6 Å². The number of fused-ring (bicyclic) bond motifs is 1. The average Bonchev–Trinajstić information content (AvgIpc) is 3.51. The molecule has 1 aromatic rings. The molecule has 1 spiro atoms. The van der Waals surface area contributed by atoms with Crippen LogP contribution in [0.15, 0.2) is 54.1 Å². The summed E-state index contributed by atoms with van der Waals surface area (Å²) in [6, 6.07) is 10.0. The summed E-state index contributed by atoms with van der Waals surface area (Å²) >= 11 is 0. The molecule has 2 N–H and O–H groups in total. The lowest BCUT2D eigenvalue weighted by Gasteiger charge is -2.44. The van der Waals surface area contributed by atoms with Gasteiger partial charge in [-0.1, -0.05) is 68.0 Å². The minimum Gasteiger partial charge on any atom is -0.387 e. The van der Waals surface area contributed by atoms with Crippen molar-refractivity contribution in [2.75, 3.05) is 0 Å². The van der Waals surface area contributed by atoms with Crippen LogP contribution >= 0.6 is 0 Å². The third kappa shape index (κ3) is 3.52. The van der Waals surface area contributed by atoms with E-state index < -0.39 is 23.2 Å². The lowest BCUT2D eigenvalue weighted by molar-refractivity contribution is -0.146. The van der Waals surface area contributed by atoms with Crippen LogP contribution in [0.4, 0.5) is 0 Å². The molecule has 1 amide bonds. The fourth-order valence-electron chi connectivity index (χ4n) is 6.89. The molecule has 176 valence electrons. The lowest BCUT2D eigenvalue weighted by atomic mass is 9.54. The fraction of sp³-hybridized carbons (Fsp3) is 0.571. The number of rotatable bonds is 2. The molecule has 4 aliphatic rings. The highest BCUT2D eigenvalue weighted by atomic mass is 16.6. The van der Waals surface area contributed by atoms with Crippen LogP contribution in [0.25, 0.3) is 0 Å². The highest BCUT2D eigenvalue weighted by Gasteiger charge is 2.70. The largest absolute Gasteiger partial charge is 0.387 e. The van der Waals surface area contributed by atoms with Crippen LogP contribution < -0.4 is 5.32 Å². The molecule has 33 heavy (non-hydrogen) atoms. The number of hydrogen-bond donors (Lipinski definition) is 2. The number of ether oxygens (including phenoxy) is 1. The molecule has 2 aliphatic heterocycles. The molecule has 0 unspecified atom stereocenters. The second-order valence-electron chi connectivity index (χ2n) is 11.1. The molecule has 5 nitrogen and oxygen atoms in total. The summed E-state index contributed by atoms with van der Waals surface area (Å²) in [7, 11) is 0. The second-order valence-corrected chi connectivity index (χ2v) is 11.1. The van der Waals surface area contributed by atoms with E-state index in [2.05, 4.69) is 56.4 Å². The van der Waals surface area contributed by atoms with Crippen molar-refractivity contribution < 1.29 is 19.4 Å². The highest BCUT2D eigenvalue weighted by Crippen LogP contribution is 2.57. The molecule has 1 aromatic carbocycles. The normalized spacial score (nSPS) is 45.6. The molecule has 2 saturated heterocycles. The van der Waals surface area contributed by atoms with E-state index in [0.717, 1.165) is 12.0 Å². The van der Waals surface area contributed by atoms with E-state index >= 15 is 0 Å². The molecule has 0 aromatic heterocycles. The number of benzene rings is 1. The van der Waals surface area contributed by atoms with Crippen molar-refractivity contribution in [3.05, 3.63) is 59.7 Å². The van der Waals surface area contributed by atoms with E-state index in [4.69, 9.17) is 4.74 Å². The van der Waals surface area contributed by atoms with Gasteiger partial charge in [0.1, 0.15) is 17.6 Å². The van der Waals surface area contributed by atoms with E-state index in [9.17, 15) is 14.7 Å². The highest BCUT2D eigenvalue weighted by molar-refractivity contribution is 6.12. The first-order valence-electron chi connectivity index (χ1n) is 12.3. The maximum atomic E-state index is 14.2. The first kappa shape index (κ1) is 22.5. The fourth-order valence-corrected chi connectivity index (χ4v) is 6.89. The van der Waals surface area contributed by atoms with Gasteiger partial charge in [0.2, 0.25) is 5.91 Å². The zero-order valence-corrected chi connectivity index (χ0v) is 20.0. The summed E-state index contributed by atoms with van der Waals surface area (Å²) in [6.45, 7) is 8.12. The third-order valence-corrected chi connectivity index (χ3v) is 8.59. The van der Waals surface area contributed by atoms with Gasteiger partial charge in [0.15, 0.2) is 5.78 Å². The number of nitrogens with one attached hydrogen (secondary N) is 1. The quantitative estimate of drug-likeness (QED) is 0.411. The first-order chi connectivity index (χ1) is 15.7. The van der Waals surface area contributed by atoms with Gasteiger partial charge >= 0.3 is 0 Å². The second kappa shape index (κ2) is 7.92. The maximum Gasteiger partial charge on any atom is 0.235 e. The van der Waals surface area contributed by atoms with Crippen LogP contribution in [-0.2, 0) is 20.7 Å². The number of epoxide rings is 1. The van der Waals surface area contributed by atoms with Gasteiger partial charge in [-0.2, -0.15) is 0 Å². The Morgan fingerprint density at radius 1 is 1.18 bits per heavy atom. The summed E-state index contributed by atoms with van der Waals surface area (Å²) in [5, 5.41) is 14.4. The Bertz CT molecular complexity index is 1010. The van der Waals surface area contributed by atoms with E-state index in [1.165, 1.54) is 5.57 Å². The number of amides is 1. The van der Waals surface area contributed by atoms with Crippen molar-refractivity contribution in [1.29, 1.82) is 0 Å². The predicted molar refractivity (Wildman–Crippen MR) is 126 cm³/mol. The van der Waals surface area contributed by atoms with Crippen LogP contribution in [0, 0.1) is 29.1 Å². The SMILES string of the molecule is CC1=C[C@@H]2/C=C/C[C@H](C)C[C@@](C)(O)[C@@H]3O[C@H]3C(=O)[C@]23C(=O)N[C@@H](Cc2ccccc2)[C@@H]3[C@@H]1C. The maximum absolute atomic E-state index is 14.2. The Balaban J connectivity index is 1.61. The zero-order chi connectivity index (χ0) is 23.5. The molecule has 0 radical (unpaired) electrons. The number of allylic oxidation sites excluding steroid dienone is 4. The number of Topliss-reactive ketones (excluding diaryl/α,β-unsaturated/α-hetero) is 1. The zero-order valence-electron chi connectivity index (χ0n) is 20.0. The van der Waals surface area contributed by atoms with Crippen LogP contribution in [0.2, 0.25) is 0 Å². The van der Waals surface area contributed by atoms with Crippen molar-refractivity contribution in [2.24, 2.45) is 29.1 Å². The Hall–Kier alpha value is -2.24. The molecule has 5 heteroatoms. The van der Waals surface area contributed by atoms with Crippen molar-refractivity contribution in [3.63, 3.8) is 0 Å². The summed E-state index contributed by atoms with van der Waals surface area (Å²) in [4.78, 5) is 28.1. The van der Waals surface area contributed by atoms with Gasteiger partial charge in [-0.25, -0.2) is 0 Å². The molecule has 2 aliphatic carbocycles. The topological polar surface area (TPSA) is 78.9 Å². The monoisotopic (exact) mass is 449 g/mol. The van der Waals surface area contributed by atoms with E-state index in [1.54, 1.807) is 6.92 Å². The Morgan fingerprint density at radius 2 is 1.91 bits per heavy atom. The third-order valence-electron chi connectivity index (χ3n) is 8.59. The summed E-state index contributed by atoms with van der Waals surface area (Å²) < 4.78 is 5.86. The number of ketones is 1. The average molecular weight is 450 g/mol. The Labute approximate surface area is 196 Å². The minimum atomic E-state index is -1.21. The summed E-state index contributed by atoms with van der Waals surface area (Å²) in [6.07, 6.45) is 7.04. The smallest absolute Gasteiger partial charge is 0.235 e. The van der Waals surface area contributed by atoms with Crippen molar-refractivity contribution >= 4 is 11.7 Å². The first-order valence-corrected chi connectivity index (χ1v) is 12.3. The molecule has 2 heterocycles. The Kier molecular flexibility index (Phi) is 5.41. The van der Waals surface area contributed by atoms with E-state index in [0.29, 0.717) is 12.8 Å². The van der Waals surface area contributed by atoms with Gasteiger partial charge in [-0.05, 0) is 50.5 Å². The molecule has 2 fully saturated rings. The number of aliphatic hydroxyl groups is 1. The molecule has 0 saturated carbocycles. The van der Waals surface area contributed by atoms with Gasteiger partial charge < -0.3 is 15.2 Å². The predicted octanol–water partition coefficient (Wildman–Crippen LogP) is 3.62. The van der Waals surface area contributed by atoms with Crippen molar-refractivity contribution in [1.82, 2.24) is 5.32 Å². The number of carbonyl (C=O) groups excluding carboxylic acids is 2. The number of hydrogen-bond acceptors (Lipinski definition) is 4. The standard InChI is InChI=1S/C28H35NO4/c1-16-9-8-12-20-13-17(2)18(3)22-21(14-19-10-6-5-7-11-19)29-26(31)28(20,22)24(30)23-25(33-23)27(4,32)15-16/h5-8,10-13,16,18,20-23,25,32H,9,14-15H2,1-4H3,(H,29,31)/b12-8+/t16-,18+,20-,21-,22-,23-,25+,27+,28-/m0/s1. The van der Waals surface area contributed by atoms with Gasteiger partial charge in [0.05, 0.1) is 5.60 Å². The van der Waals surface area contributed by atoms with Crippen LogP contribution in [0.5, 0.6) is 0 Å². The minimum absolute atomic E-state index is 0.0769. The molecular weight excluding hydrogens is 414 g/mol. The Morgan fingerprint density at radius 3 is 2.64 bits per heavy atom. The van der Waals surface area contributed by atoms with Crippen molar-refractivity contribution in [3.8, 4) is 0 Å². The molecular formula is C28H35NO4. The van der Waals surface area contributed by atoms with Gasteiger partial charge in [0, 0.05) is 17.9 Å². The molecule has 9 atom stereocenters. The lowest BCUT2D eigenvalue weighted by Crippen LogP contribution is -2.54. The summed E-state index contributed by atoms with van der Waals surface area (Å²) in [5.41, 5.74) is 0.0609. The summed E-state index contributed by atoms with van der Waals surface area (Å²) in [5.74, 6) is -0.516. The number of carbonyl (C=O) groups is 2. The van der Waals surface area contributed by atoms with E-state index in [-0.39, 0.29) is 41.4 Å². The molecule has 0 bridgehead atoms. The van der Waals surface area contributed by atoms with Crippen LogP contribution in [0.3, 0.4) is 0 Å². The van der Waals surface area contributed by atoms with Gasteiger partial charge in [-0.15, -0.1) is 0 Å². The molecule has 5 rings (SSSR count). The van der Waals surface area contributed by atoms with E-state index in [1.807, 2.05) is 18.2 Å². The van der Waals surface area contributed by atoms with Crippen molar-refractivity contribution in [2.45, 2.75) is 70.8 Å².